The van der Waals surface area contributed by atoms with Crippen molar-refractivity contribution >= 4 is 38.6 Å². The molecule has 0 bridgehead atoms. The van der Waals surface area contributed by atoms with Gasteiger partial charge < -0.3 is 14.6 Å². The van der Waals surface area contributed by atoms with Crippen LogP contribution in [-0.2, 0) is 35.8 Å². The van der Waals surface area contributed by atoms with Gasteiger partial charge in [0.05, 0.1) is 12.0 Å². The molecule has 12 nitrogen and oxygen atoms in total. The van der Waals surface area contributed by atoms with E-state index in [4.69, 9.17) is 15.2 Å². The zero-order chi connectivity index (χ0) is 23.0. The molecule has 31 heavy (non-hydrogen) atoms. The number of hydrogen-bond donors (Lipinski definition) is 4. The van der Waals surface area contributed by atoms with E-state index in [-0.39, 0.29) is 40.5 Å². The first-order valence-corrected chi connectivity index (χ1v) is 13.0. The summed E-state index contributed by atoms with van der Waals surface area (Å²) < 4.78 is 47.8. The Morgan fingerprint density at radius 2 is 2.16 bits per heavy atom. The van der Waals surface area contributed by atoms with E-state index in [0.717, 1.165) is 11.3 Å². The Bertz CT molecular complexity index is 820. The minimum absolute atomic E-state index is 0.0593. The van der Waals surface area contributed by atoms with E-state index in [9.17, 15) is 17.8 Å². The monoisotopic (exact) mass is 500 g/mol. The van der Waals surface area contributed by atoms with E-state index in [2.05, 4.69) is 14.9 Å². The lowest BCUT2D eigenvalue weighted by molar-refractivity contribution is -0.492. The number of amides is 1. The third kappa shape index (κ3) is 7.33. The van der Waals surface area contributed by atoms with Crippen LogP contribution in [-0.4, -0.2) is 78.9 Å². The molecule has 2 rings (SSSR count). The second-order valence-corrected chi connectivity index (χ2v) is 11.2. The Balaban J connectivity index is 2.11. The molecule has 1 aromatic heterocycles. The Labute approximate surface area is 188 Å². The van der Waals surface area contributed by atoms with Gasteiger partial charge in [0.25, 0.3) is 15.9 Å². The summed E-state index contributed by atoms with van der Waals surface area (Å²) in [4.78, 5) is 16.3. The highest BCUT2D eigenvalue weighted by Crippen LogP contribution is 2.40. The third-order valence-electron chi connectivity index (χ3n) is 4.39. The summed E-state index contributed by atoms with van der Waals surface area (Å²) in [6, 6.07) is 1.31. The maximum atomic E-state index is 13.1. The van der Waals surface area contributed by atoms with Gasteiger partial charge in [0.1, 0.15) is 15.6 Å². The maximum absolute atomic E-state index is 13.1. The van der Waals surface area contributed by atoms with Gasteiger partial charge in [-0.1, -0.05) is 18.3 Å². The lowest BCUT2D eigenvalue weighted by Crippen LogP contribution is -2.43. The normalized spacial score (nSPS) is 19.4. The fourth-order valence-electron chi connectivity index (χ4n) is 3.02. The predicted molar refractivity (Wildman–Crippen MR) is 111 cm³/mol. The number of nitrogens with one attached hydrogen (secondary N) is 2. The number of hydrogen-bond acceptors (Lipinski definition) is 11. The fourth-order valence-corrected chi connectivity index (χ4v) is 7.64. The van der Waals surface area contributed by atoms with Gasteiger partial charge in [0.15, 0.2) is 0 Å². The summed E-state index contributed by atoms with van der Waals surface area (Å²) in [5, 5.41) is 19.7. The van der Waals surface area contributed by atoms with Gasteiger partial charge >= 0.3 is 0 Å². The molecule has 178 valence electrons. The molecule has 1 aromatic rings. The Morgan fingerprint density at radius 3 is 2.81 bits per heavy atom. The minimum atomic E-state index is -3.74. The molecule has 0 spiro atoms. The molecule has 0 aromatic carbocycles. The van der Waals surface area contributed by atoms with E-state index in [1.54, 1.807) is 13.2 Å². The topological polar surface area (TPSA) is 164 Å². The van der Waals surface area contributed by atoms with Crippen molar-refractivity contribution < 1.29 is 37.8 Å². The molecular weight excluding hydrogens is 472 g/mol. The first kappa shape index (κ1) is 26.4. The maximum Gasteiger partial charge on any atom is 0.261 e. The average molecular weight is 501 g/mol. The van der Waals surface area contributed by atoms with E-state index < -0.39 is 32.7 Å². The van der Waals surface area contributed by atoms with Gasteiger partial charge in [-0.2, -0.15) is 9.03 Å². The van der Waals surface area contributed by atoms with Crippen LogP contribution in [0.15, 0.2) is 14.5 Å². The van der Waals surface area contributed by atoms with Crippen molar-refractivity contribution in [1.29, 1.82) is 0 Å². The van der Waals surface area contributed by atoms with E-state index in [1.807, 2.05) is 6.92 Å². The van der Waals surface area contributed by atoms with Crippen molar-refractivity contribution in [3.05, 3.63) is 11.6 Å². The minimum Gasteiger partial charge on any atom is -0.587 e. The molecule has 1 aliphatic heterocycles. The molecule has 4 N–H and O–H groups in total. The third-order valence-corrected chi connectivity index (χ3v) is 9.33. The smallest absolute Gasteiger partial charge is 0.261 e. The van der Waals surface area contributed by atoms with Gasteiger partial charge in [-0.15, -0.1) is 0 Å². The summed E-state index contributed by atoms with van der Waals surface area (Å²) in [6.07, 6.45) is 0.656. The van der Waals surface area contributed by atoms with Crippen molar-refractivity contribution in [3.63, 3.8) is 0 Å². The predicted octanol–water partition coefficient (Wildman–Crippen LogP) is 0.371. The molecule has 2 atom stereocenters. The molecule has 0 saturated carbocycles. The lowest BCUT2D eigenvalue weighted by atomic mass is 10.1. The first-order valence-electron chi connectivity index (χ1n) is 9.59. The van der Waals surface area contributed by atoms with Crippen LogP contribution in [0.4, 0.5) is 0 Å². The first-order chi connectivity index (χ1) is 14.7. The average Bonchev–Trinajstić information content (AvgIpc) is 3.16. The SMILES string of the molecule is CCN[C@H]1CN(CCCOC)S(=O)(=O)c2sc([S+]([O-])NC(=O)CCCON(O)O)cc21. The molecule has 0 saturated heterocycles. The van der Waals surface area contributed by atoms with Crippen LogP contribution in [0.1, 0.15) is 37.8 Å². The number of nitrogens with zero attached hydrogens (tertiary/aromatic N) is 2. The standard InChI is InChI=1S/C16H28N4O8S3/c1-3-17-13-11-19(7-5-8-27-2)31(25,26)16-12(13)10-15(29-16)30(24)18-14(21)6-4-9-28-20(22)23/h10,13,17,22-23H,3-9,11H2,1-2H3,(H,18,21)/t13-,30?/m0/s1. The number of carbonyl (C=O) groups excluding carboxylic acids is 1. The van der Waals surface area contributed by atoms with Crippen molar-refractivity contribution in [2.45, 2.75) is 40.6 Å². The van der Waals surface area contributed by atoms with Crippen LogP contribution in [0.25, 0.3) is 0 Å². The van der Waals surface area contributed by atoms with Crippen molar-refractivity contribution in [2.24, 2.45) is 0 Å². The highest BCUT2D eigenvalue weighted by atomic mass is 32.3. The van der Waals surface area contributed by atoms with Crippen molar-refractivity contribution in [1.82, 2.24) is 19.7 Å². The van der Waals surface area contributed by atoms with Crippen LogP contribution in [0.5, 0.6) is 0 Å². The van der Waals surface area contributed by atoms with E-state index in [1.165, 1.54) is 4.31 Å². The highest BCUT2D eigenvalue weighted by molar-refractivity contribution is 7.94. The zero-order valence-electron chi connectivity index (χ0n) is 17.3. The van der Waals surface area contributed by atoms with Crippen LogP contribution in [0.2, 0.25) is 0 Å². The summed E-state index contributed by atoms with van der Waals surface area (Å²) in [6.45, 7) is 3.43. The second-order valence-electron chi connectivity index (χ2n) is 6.61. The summed E-state index contributed by atoms with van der Waals surface area (Å²) in [5.41, 5.74) is 0.548. The largest absolute Gasteiger partial charge is 0.587 e. The second kappa shape index (κ2) is 12.4. The number of rotatable bonds is 13. The number of ether oxygens (including phenoxy) is 1. The van der Waals surface area contributed by atoms with Crippen molar-refractivity contribution in [2.75, 3.05) is 40.0 Å². The molecule has 0 aliphatic carbocycles. The molecule has 1 amide bonds. The number of fused-ring (bicyclic) bond motifs is 1. The van der Waals surface area contributed by atoms with E-state index >= 15 is 0 Å². The number of sulfonamides is 1. The van der Waals surface area contributed by atoms with E-state index in [0.29, 0.717) is 31.7 Å². The van der Waals surface area contributed by atoms with Crippen molar-refractivity contribution in [3.8, 4) is 0 Å². The van der Waals surface area contributed by atoms with Crippen LogP contribution >= 0.6 is 11.3 Å². The lowest BCUT2D eigenvalue weighted by Gasteiger charge is -2.32. The van der Waals surface area contributed by atoms with Gasteiger partial charge in [-0.05, 0) is 19.4 Å². The number of likely N-dealkylation sites (N-methyl/N-ethyl adjacent to an activating group) is 1. The molecule has 1 aliphatic rings. The van der Waals surface area contributed by atoms with Crippen LogP contribution < -0.4 is 10.0 Å². The Kier molecular flexibility index (Phi) is 10.6. The van der Waals surface area contributed by atoms with Gasteiger partial charge in [-0.25, -0.2) is 8.42 Å². The highest BCUT2D eigenvalue weighted by Gasteiger charge is 2.40. The van der Waals surface area contributed by atoms with Crippen LogP contribution in [0, 0.1) is 0 Å². The molecule has 1 unspecified atom stereocenters. The quantitative estimate of drug-likeness (QED) is 0.169. The molecular formula is C16H28N4O8S3. The Morgan fingerprint density at radius 1 is 1.42 bits per heavy atom. The fraction of sp³-hybridized carbons (Fsp3) is 0.688. The molecule has 0 radical (unpaired) electrons. The van der Waals surface area contributed by atoms with Gasteiger partial charge in [0, 0.05) is 50.9 Å². The number of methoxy groups -OCH3 is 1. The van der Waals surface area contributed by atoms with Crippen LogP contribution in [0.3, 0.4) is 0 Å². The summed E-state index contributed by atoms with van der Waals surface area (Å²) in [5.74, 6) is -0.539. The van der Waals surface area contributed by atoms with Gasteiger partial charge in [0.2, 0.25) is 4.21 Å². The number of thiophene rings is 1. The molecule has 15 heteroatoms. The Hall–Kier alpha value is -0.850. The molecule has 0 fully saturated rings. The summed E-state index contributed by atoms with van der Waals surface area (Å²) >= 11 is -1.04. The molecule has 2 heterocycles. The number of carbonyl (C=O) groups is 1. The van der Waals surface area contributed by atoms with Gasteiger partial charge in [-0.3, -0.25) is 20.0 Å². The zero-order valence-corrected chi connectivity index (χ0v) is 19.7. The summed E-state index contributed by atoms with van der Waals surface area (Å²) in [7, 11) is -2.18.